The first-order valence-corrected chi connectivity index (χ1v) is 5.63. The Labute approximate surface area is 90.7 Å². The fraction of sp³-hybridized carbons (Fsp3) is 0.462. The summed E-state index contributed by atoms with van der Waals surface area (Å²) < 4.78 is 0. The number of ketones is 1. The molecule has 0 spiro atoms. The van der Waals surface area contributed by atoms with Crippen molar-refractivity contribution in [2.45, 2.75) is 31.7 Å². The van der Waals surface area contributed by atoms with Crippen LogP contribution in [0.4, 0.5) is 0 Å². The number of Topliss-reactive ketones (excluding diaryl/α,β-unsaturated/α-hetero) is 1. The van der Waals surface area contributed by atoms with Crippen molar-refractivity contribution in [3.05, 3.63) is 35.9 Å². The predicted molar refractivity (Wildman–Crippen MR) is 60.8 cm³/mol. The van der Waals surface area contributed by atoms with Crippen LogP contribution in [0.2, 0.25) is 0 Å². The molecule has 1 unspecified atom stereocenters. The number of rotatable bonds is 3. The second-order valence-electron chi connectivity index (χ2n) is 4.17. The molecule has 1 fully saturated rings. The Kier molecular flexibility index (Phi) is 3.51. The van der Waals surface area contributed by atoms with Crippen LogP contribution in [-0.2, 0) is 11.2 Å². The van der Waals surface area contributed by atoms with Gasteiger partial charge in [-0.05, 0) is 18.4 Å². The predicted octanol–water partition coefficient (Wildman–Crippen LogP) is 1.94. The summed E-state index contributed by atoms with van der Waals surface area (Å²) in [5.41, 5.74) is 1.36. The molecule has 1 atom stereocenters. The van der Waals surface area contributed by atoms with Crippen molar-refractivity contribution >= 4 is 5.78 Å². The number of hydrogen-bond acceptors (Lipinski definition) is 2. The van der Waals surface area contributed by atoms with Gasteiger partial charge >= 0.3 is 0 Å². The van der Waals surface area contributed by atoms with Crippen molar-refractivity contribution in [1.82, 2.24) is 5.32 Å². The third-order valence-electron chi connectivity index (χ3n) is 2.94. The second-order valence-corrected chi connectivity index (χ2v) is 4.17. The van der Waals surface area contributed by atoms with Crippen molar-refractivity contribution in [2.75, 3.05) is 6.54 Å². The minimum absolute atomic E-state index is 0.395. The fourth-order valence-electron chi connectivity index (χ4n) is 2.05. The van der Waals surface area contributed by atoms with Gasteiger partial charge < -0.3 is 5.32 Å². The molecule has 1 aromatic carbocycles. The standard InChI is InChI=1S/C13H17NO/c15-13-8-9-14-12(10-13)7-6-11-4-2-1-3-5-11/h1-5,12,14H,6-10H2. The Bertz CT molecular complexity index is 321. The van der Waals surface area contributed by atoms with E-state index in [0.717, 1.165) is 19.4 Å². The van der Waals surface area contributed by atoms with Crippen LogP contribution in [0, 0.1) is 0 Å². The normalized spacial score (nSPS) is 21.6. The van der Waals surface area contributed by atoms with E-state index < -0.39 is 0 Å². The summed E-state index contributed by atoms with van der Waals surface area (Å²) in [6.07, 6.45) is 3.55. The van der Waals surface area contributed by atoms with Crippen LogP contribution >= 0.6 is 0 Å². The van der Waals surface area contributed by atoms with Gasteiger partial charge in [0.1, 0.15) is 5.78 Å². The Hall–Kier alpha value is -1.15. The van der Waals surface area contributed by atoms with Gasteiger partial charge in [-0.1, -0.05) is 30.3 Å². The smallest absolute Gasteiger partial charge is 0.135 e. The Morgan fingerprint density at radius 1 is 1.27 bits per heavy atom. The number of carbonyl (C=O) groups excluding carboxylic acids is 1. The average Bonchev–Trinajstić information content (AvgIpc) is 2.28. The lowest BCUT2D eigenvalue weighted by atomic mass is 9.97. The summed E-state index contributed by atoms with van der Waals surface area (Å²) in [4.78, 5) is 11.2. The van der Waals surface area contributed by atoms with Crippen LogP contribution in [0.5, 0.6) is 0 Å². The summed E-state index contributed by atoms with van der Waals surface area (Å²) in [6, 6.07) is 10.8. The zero-order valence-corrected chi connectivity index (χ0v) is 8.91. The molecule has 0 radical (unpaired) electrons. The molecule has 1 saturated heterocycles. The Morgan fingerprint density at radius 3 is 2.80 bits per heavy atom. The van der Waals surface area contributed by atoms with Gasteiger partial charge in [0.25, 0.3) is 0 Å². The van der Waals surface area contributed by atoms with Gasteiger partial charge in [-0.3, -0.25) is 4.79 Å². The van der Waals surface area contributed by atoms with Crippen molar-refractivity contribution in [3.63, 3.8) is 0 Å². The van der Waals surface area contributed by atoms with Crippen LogP contribution in [-0.4, -0.2) is 18.4 Å². The highest BCUT2D eigenvalue weighted by Gasteiger charge is 2.17. The SMILES string of the molecule is O=C1CCNC(CCc2ccccc2)C1. The van der Waals surface area contributed by atoms with Gasteiger partial charge in [-0.2, -0.15) is 0 Å². The number of aryl methyl sites for hydroxylation is 1. The highest BCUT2D eigenvalue weighted by atomic mass is 16.1. The van der Waals surface area contributed by atoms with Crippen molar-refractivity contribution in [3.8, 4) is 0 Å². The molecule has 1 N–H and O–H groups in total. The number of nitrogens with one attached hydrogen (secondary N) is 1. The summed E-state index contributed by atoms with van der Waals surface area (Å²) in [7, 11) is 0. The number of benzene rings is 1. The molecule has 1 aliphatic rings. The quantitative estimate of drug-likeness (QED) is 0.813. The Morgan fingerprint density at radius 2 is 2.07 bits per heavy atom. The maximum Gasteiger partial charge on any atom is 0.135 e. The van der Waals surface area contributed by atoms with Crippen LogP contribution < -0.4 is 5.32 Å². The second kappa shape index (κ2) is 5.08. The van der Waals surface area contributed by atoms with Crippen LogP contribution in [0.15, 0.2) is 30.3 Å². The zero-order valence-electron chi connectivity index (χ0n) is 8.91. The topological polar surface area (TPSA) is 29.1 Å². The van der Waals surface area contributed by atoms with E-state index in [0.29, 0.717) is 24.7 Å². The summed E-state index contributed by atoms with van der Waals surface area (Å²) in [6.45, 7) is 0.859. The van der Waals surface area contributed by atoms with Crippen molar-refractivity contribution in [2.24, 2.45) is 0 Å². The van der Waals surface area contributed by atoms with Crippen LogP contribution in [0.1, 0.15) is 24.8 Å². The molecular weight excluding hydrogens is 186 g/mol. The molecule has 0 aliphatic carbocycles. The minimum Gasteiger partial charge on any atom is -0.313 e. The molecule has 2 nitrogen and oxygen atoms in total. The molecule has 1 aliphatic heterocycles. The van der Waals surface area contributed by atoms with Crippen molar-refractivity contribution < 1.29 is 4.79 Å². The number of carbonyl (C=O) groups is 1. The maximum atomic E-state index is 11.2. The third kappa shape index (κ3) is 3.17. The summed E-state index contributed by atoms with van der Waals surface area (Å²) in [5, 5.41) is 3.40. The molecule has 2 heteroatoms. The molecule has 80 valence electrons. The molecular formula is C13H17NO. The van der Waals surface area contributed by atoms with E-state index in [9.17, 15) is 4.79 Å². The van der Waals surface area contributed by atoms with Gasteiger partial charge in [-0.15, -0.1) is 0 Å². The molecule has 0 amide bonds. The number of piperidine rings is 1. The van der Waals surface area contributed by atoms with Crippen molar-refractivity contribution in [1.29, 1.82) is 0 Å². The van der Waals surface area contributed by atoms with E-state index in [1.54, 1.807) is 0 Å². The van der Waals surface area contributed by atoms with Gasteiger partial charge in [0.2, 0.25) is 0 Å². The lowest BCUT2D eigenvalue weighted by Gasteiger charge is -2.22. The van der Waals surface area contributed by atoms with Crippen LogP contribution in [0.25, 0.3) is 0 Å². The summed E-state index contributed by atoms with van der Waals surface area (Å²) >= 11 is 0. The van der Waals surface area contributed by atoms with E-state index in [-0.39, 0.29) is 0 Å². The minimum atomic E-state index is 0.395. The molecule has 15 heavy (non-hydrogen) atoms. The highest BCUT2D eigenvalue weighted by Crippen LogP contribution is 2.11. The molecule has 0 bridgehead atoms. The molecule has 2 rings (SSSR count). The van der Waals surface area contributed by atoms with E-state index in [1.165, 1.54) is 5.56 Å². The maximum absolute atomic E-state index is 11.2. The third-order valence-corrected chi connectivity index (χ3v) is 2.94. The first-order chi connectivity index (χ1) is 7.34. The lowest BCUT2D eigenvalue weighted by Crippen LogP contribution is -2.38. The largest absolute Gasteiger partial charge is 0.313 e. The molecule has 0 saturated carbocycles. The van der Waals surface area contributed by atoms with Gasteiger partial charge in [0, 0.05) is 25.4 Å². The fourth-order valence-corrected chi connectivity index (χ4v) is 2.05. The number of hydrogen-bond donors (Lipinski definition) is 1. The lowest BCUT2D eigenvalue weighted by molar-refractivity contribution is -0.120. The van der Waals surface area contributed by atoms with Crippen LogP contribution in [0.3, 0.4) is 0 Å². The molecule has 1 aromatic rings. The molecule has 1 heterocycles. The molecule has 0 aromatic heterocycles. The summed E-state index contributed by atoms with van der Waals surface area (Å²) in [5.74, 6) is 0.409. The zero-order chi connectivity index (χ0) is 10.5. The van der Waals surface area contributed by atoms with Gasteiger partial charge in [-0.25, -0.2) is 0 Å². The van der Waals surface area contributed by atoms with Gasteiger partial charge in [0.05, 0.1) is 0 Å². The average molecular weight is 203 g/mol. The Balaban J connectivity index is 1.80. The van der Waals surface area contributed by atoms with E-state index >= 15 is 0 Å². The van der Waals surface area contributed by atoms with Gasteiger partial charge in [0.15, 0.2) is 0 Å². The monoisotopic (exact) mass is 203 g/mol. The van der Waals surface area contributed by atoms with E-state index in [1.807, 2.05) is 6.07 Å². The first kappa shape index (κ1) is 10.4. The first-order valence-electron chi connectivity index (χ1n) is 5.63. The van der Waals surface area contributed by atoms with E-state index in [2.05, 4.69) is 29.6 Å². The highest BCUT2D eigenvalue weighted by molar-refractivity contribution is 5.79. The van der Waals surface area contributed by atoms with E-state index in [4.69, 9.17) is 0 Å².